The molecule has 0 aromatic heterocycles. The quantitative estimate of drug-likeness (QED) is 0.436. The summed E-state index contributed by atoms with van der Waals surface area (Å²) in [5.74, 6) is 0. The van der Waals surface area contributed by atoms with Gasteiger partial charge in [0.1, 0.15) is 0 Å². The van der Waals surface area contributed by atoms with Crippen molar-refractivity contribution in [1.29, 1.82) is 0 Å². The van der Waals surface area contributed by atoms with Gasteiger partial charge in [-0.2, -0.15) is 6.08 Å². The second kappa shape index (κ2) is 22.8. The van der Waals surface area contributed by atoms with Gasteiger partial charge in [-0.3, -0.25) is 6.08 Å². The summed E-state index contributed by atoms with van der Waals surface area (Å²) in [4.78, 5) is 0. The Hall–Kier alpha value is 0.411. The smallest absolute Gasteiger partial charge is 0.358 e. The maximum Gasteiger partial charge on any atom is 4.00 e. The first kappa shape index (κ1) is 29.2. The van der Waals surface area contributed by atoms with Crippen LogP contribution in [0.2, 0.25) is 19.6 Å². The molecule has 0 nitrogen and oxygen atoms in total. The van der Waals surface area contributed by atoms with Gasteiger partial charge in [-0.15, -0.1) is 6.42 Å². The number of hydrogen-bond donors (Lipinski definition) is 0. The molecule has 1 rings (SSSR count). The van der Waals surface area contributed by atoms with Gasteiger partial charge in [0.05, 0.1) is 0 Å². The van der Waals surface area contributed by atoms with E-state index in [1.807, 2.05) is 12.2 Å². The molecule has 75 valence electrons. The van der Waals surface area contributed by atoms with Crippen LogP contribution in [0.15, 0.2) is 18.2 Å². The predicted octanol–water partition coefficient (Wildman–Crippen LogP) is 4.02. The average Bonchev–Trinajstić information content (AvgIpc) is 2.11. The molecule has 0 aliphatic heterocycles. The average molecular weight is 231 g/mol. The van der Waals surface area contributed by atoms with Crippen LogP contribution in [0.5, 0.6) is 0 Å². The van der Waals surface area contributed by atoms with Gasteiger partial charge in [0.15, 0.2) is 0 Å². The summed E-state index contributed by atoms with van der Waals surface area (Å²) < 4.78 is 0. The Morgan fingerprint density at radius 3 is 1.54 bits per heavy atom. The molecule has 0 N–H and O–H groups in total. The molecule has 0 fully saturated rings. The van der Waals surface area contributed by atoms with Crippen molar-refractivity contribution in [3.05, 3.63) is 46.6 Å². The maximum atomic E-state index is 2.99. The van der Waals surface area contributed by atoms with Gasteiger partial charge in [-0.1, -0.05) is 19.6 Å². The monoisotopic (exact) mass is 231 g/mol. The second-order valence-electron chi connectivity index (χ2n) is 2.50. The molecule has 0 aromatic carbocycles. The van der Waals surface area contributed by atoms with Gasteiger partial charge in [0.25, 0.3) is 0 Å². The number of rotatable bonds is 0. The zero-order valence-corrected chi connectivity index (χ0v) is 12.5. The summed E-state index contributed by atoms with van der Waals surface area (Å²) in [5, 5.41) is 0. The zero-order chi connectivity index (χ0) is 7.11. The van der Waals surface area contributed by atoms with E-state index in [9.17, 15) is 0 Å². The van der Waals surface area contributed by atoms with Crippen molar-refractivity contribution in [2.75, 3.05) is 0 Å². The van der Waals surface area contributed by atoms with Gasteiger partial charge in [-0.05, 0) is 0 Å². The van der Waals surface area contributed by atoms with Crippen LogP contribution in [0.1, 0.15) is 6.42 Å². The van der Waals surface area contributed by atoms with E-state index < -0.39 is 0 Å². The number of hydrogen-bond acceptors (Lipinski definition) is 0. The molecule has 0 amide bonds. The van der Waals surface area contributed by atoms with E-state index in [0.29, 0.717) is 0 Å². The van der Waals surface area contributed by atoms with Crippen molar-refractivity contribution in [3.63, 3.8) is 0 Å². The predicted molar refractivity (Wildman–Crippen MR) is 64.2 cm³/mol. The van der Waals surface area contributed by atoms with Crippen molar-refractivity contribution >= 4 is 8.80 Å². The number of allylic oxidation sites excluding steroid dienone is 4. The van der Waals surface area contributed by atoms with E-state index >= 15 is 0 Å². The van der Waals surface area contributed by atoms with Gasteiger partial charge < -0.3 is 22.3 Å². The minimum absolute atomic E-state index is 0. The Labute approximate surface area is 103 Å². The minimum Gasteiger partial charge on any atom is -0.358 e. The summed E-state index contributed by atoms with van der Waals surface area (Å²) >= 11 is 0. The van der Waals surface area contributed by atoms with E-state index in [0.717, 1.165) is 6.42 Å². The summed E-state index contributed by atoms with van der Waals surface area (Å²) in [5.41, 5.74) is 0. The van der Waals surface area contributed by atoms with Gasteiger partial charge >= 0.3 is 21.7 Å². The van der Waals surface area contributed by atoms with Crippen molar-refractivity contribution in [2.24, 2.45) is 0 Å². The normalized spacial score (nSPS) is 9.54. The summed E-state index contributed by atoms with van der Waals surface area (Å²) in [6.45, 7) is 6.81. The van der Waals surface area contributed by atoms with Crippen molar-refractivity contribution in [2.45, 2.75) is 26.1 Å². The first-order valence-corrected chi connectivity index (χ1v) is 6.22. The van der Waals surface area contributed by atoms with E-state index in [-0.39, 0.29) is 52.8 Å². The van der Waals surface area contributed by atoms with Crippen LogP contribution in [0, 0.1) is 28.4 Å². The Morgan fingerprint density at radius 2 is 1.46 bits per heavy atom. The van der Waals surface area contributed by atoms with Crippen LogP contribution in [0.3, 0.4) is 0 Å². The molecule has 0 unspecified atom stereocenters. The van der Waals surface area contributed by atoms with Crippen molar-refractivity contribution in [1.82, 2.24) is 0 Å². The fraction of sp³-hybridized carbons (Fsp3) is 0.364. The molecule has 13 heavy (non-hydrogen) atoms. The third-order valence-corrected chi connectivity index (χ3v) is 0.586. The van der Waals surface area contributed by atoms with Crippen LogP contribution in [0.25, 0.3) is 0 Å². The van der Waals surface area contributed by atoms with Crippen LogP contribution >= 0.6 is 0 Å². The summed E-state index contributed by atoms with van der Waals surface area (Å²) in [6.07, 6.45) is 10.0. The summed E-state index contributed by atoms with van der Waals surface area (Å²) in [6, 6.07) is 0. The molecular weight excluding hydrogens is 208 g/mol. The Morgan fingerprint density at radius 1 is 1.08 bits per heavy atom. The van der Waals surface area contributed by atoms with E-state index in [4.69, 9.17) is 0 Å². The first-order valence-electron chi connectivity index (χ1n) is 3.22. The van der Waals surface area contributed by atoms with E-state index in [2.05, 4.69) is 31.8 Å². The molecule has 0 saturated heterocycles. The van der Waals surface area contributed by atoms with Crippen LogP contribution < -0.4 is 0 Å². The molecular formula is C11H23SiTi. The second-order valence-corrected chi connectivity index (χ2v) is 5.50. The van der Waals surface area contributed by atoms with Gasteiger partial charge in [0.2, 0.25) is 0 Å². The molecule has 0 bridgehead atoms. The molecule has 1 radical (unpaired) electrons. The zero-order valence-electron chi connectivity index (χ0n) is 9.94. The molecule has 0 atom stereocenters. The molecule has 0 saturated carbocycles. The van der Waals surface area contributed by atoms with Crippen LogP contribution in [-0.4, -0.2) is 8.80 Å². The van der Waals surface area contributed by atoms with E-state index in [1.165, 1.54) is 0 Å². The first-order chi connectivity index (χ1) is 4.23. The standard InChI is InChI=1S/C5H5.C3H9Si.3CH3.Ti/c1-2-4-5-3-1;1-4(2)3;;;;/h1-3H,4H2;1-3H3;3*1H3;/q-1;;3*-1;+4. The Bertz CT molecular complexity index is 93.9. The van der Waals surface area contributed by atoms with Gasteiger partial charge in [-0.25, -0.2) is 12.2 Å². The maximum absolute atomic E-state index is 2.99. The molecule has 0 heterocycles. The molecule has 2 heteroatoms. The van der Waals surface area contributed by atoms with Crippen molar-refractivity contribution < 1.29 is 21.7 Å². The fourth-order valence-corrected chi connectivity index (χ4v) is 0.340. The largest absolute Gasteiger partial charge is 4.00 e. The fourth-order valence-electron chi connectivity index (χ4n) is 0.340. The minimum atomic E-state index is 0. The topological polar surface area (TPSA) is 0 Å². The van der Waals surface area contributed by atoms with Crippen LogP contribution in [-0.2, 0) is 21.7 Å². The molecule has 1 aliphatic carbocycles. The van der Waals surface area contributed by atoms with Gasteiger partial charge in [0, 0.05) is 8.80 Å². The van der Waals surface area contributed by atoms with Crippen molar-refractivity contribution in [3.8, 4) is 0 Å². The summed E-state index contributed by atoms with van der Waals surface area (Å²) in [7, 11) is 0.120. The SMILES string of the molecule is C[Si](C)C.[C-]1=CC=CC1.[CH3-].[CH3-].[CH3-].[Ti+4]. The van der Waals surface area contributed by atoms with Crippen LogP contribution in [0.4, 0.5) is 0 Å². The molecule has 0 spiro atoms. The van der Waals surface area contributed by atoms with E-state index in [1.54, 1.807) is 0 Å². The third kappa shape index (κ3) is 45.9. The Kier molecular flexibility index (Phi) is 51.3. The third-order valence-electron chi connectivity index (χ3n) is 0.586. The Balaban J connectivity index is -0.0000000256. The molecule has 0 aromatic rings. The molecule has 1 aliphatic rings.